The molecule has 2 aliphatic rings. The van der Waals surface area contributed by atoms with Crippen molar-refractivity contribution >= 4 is 11.9 Å². The maximum Gasteiger partial charge on any atom is 0.151 e. The summed E-state index contributed by atoms with van der Waals surface area (Å²) < 4.78 is 6.57. The molecule has 0 N–H and O–H groups in total. The lowest BCUT2D eigenvalue weighted by molar-refractivity contribution is 0.0891. The minimum Gasteiger partial charge on any atom is -0.482 e. The Kier molecular flexibility index (Phi) is 5.14. The van der Waals surface area contributed by atoms with Crippen LogP contribution in [0, 0.1) is 6.92 Å². The van der Waals surface area contributed by atoms with Crippen LogP contribution in [-0.2, 0) is 0 Å². The number of ether oxygens (including phenoxy) is 1. The van der Waals surface area contributed by atoms with Gasteiger partial charge in [0.2, 0.25) is 0 Å². The number of anilines is 1. The fraction of sp³-hybridized carbons (Fsp3) is 0.200. The van der Waals surface area contributed by atoms with E-state index in [0.29, 0.717) is 0 Å². The zero-order valence-electron chi connectivity index (χ0n) is 19.3. The predicted molar refractivity (Wildman–Crippen MR) is 138 cm³/mol. The first-order chi connectivity index (χ1) is 16.7. The van der Waals surface area contributed by atoms with Crippen molar-refractivity contribution < 1.29 is 4.74 Å². The third-order valence-electron chi connectivity index (χ3n) is 6.93. The Balaban J connectivity index is 1.14. The highest BCUT2D eigenvalue weighted by Gasteiger charge is 2.37. The van der Waals surface area contributed by atoms with Gasteiger partial charge in [-0.25, -0.2) is 0 Å². The molecule has 3 aromatic carbocycles. The summed E-state index contributed by atoms with van der Waals surface area (Å²) in [5.41, 5.74) is 6.58. The zero-order valence-corrected chi connectivity index (χ0v) is 19.3. The van der Waals surface area contributed by atoms with E-state index in [-0.39, 0.29) is 5.60 Å². The Hall–Kier alpha value is -3.92. The minimum atomic E-state index is -0.243. The highest BCUT2D eigenvalue weighted by atomic mass is 16.5. The van der Waals surface area contributed by atoms with E-state index in [1.807, 2.05) is 6.07 Å². The number of fused-ring (bicyclic) bond motifs is 1. The third-order valence-corrected chi connectivity index (χ3v) is 6.93. The summed E-state index contributed by atoms with van der Waals surface area (Å²) in [5, 5.41) is 9.01. The smallest absolute Gasteiger partial charge is 0.151 e. The van der Waals surface area contributed by atoms with Gasteiger partial charge in [0.15, 0.2) is 5.82 Å². The molecule has 1 saturated heterocycles. The van der Waals surface area contributed by atoms with Gasteiger partial charge >= 0.3 is 0 Å². The van der Waals surface area contributed by atoms with Crippen LogP contribution in [-0.4, -0.2) is 28.9 Å². The van der Waals surface area contributed by atoms with Gasteiger partial charge < -0.3 is 9.64 Å². The first kappa shape index (κ1) is 20.7. The van der Waals surface area contributed by atoms with Crippen molar-refractivity contribution in [3.8, 4) is 28.1 Å². The normalized spacial score (nSPS) is 16.2. The maximum absolute atomic E-state index is 6.57. The first-order valence-electron chi connectivity index (χ1n) is 11.9. The van der Waals surface area contributed by atoms with Crippen LogP contribution in [0.1, 0.15) is 24.0 Å². The fourth-order valence-corrected chi connectivity index (χ4v) is 4.83. The van der Waals surface area contributed by atoms with E-state index in [0.717, 1.165) is 54.3 Å². The number of hydrogen-bond donors (Lipinski definition) is 0. The monoisotopic (exact) mass is 445 g/mol. The van der Waals surface area contributed by atoms with Crippen LogP contribution in [0.4, 0.5) is 5.82 Å². The number of benzene rings is 3. The molecular weight excluding hydrogens is 418 g/mol. The van der Waals surface area contributed by atoms with Gasteiger partial charge in [0.25, 0.3) is 0 Å². The van der Waals surface area contributed by atoms with Crippen LogP contribution in [0.5, 0.6) is 5.75 Å². The van der Waals surface area contributed by atoms with Gasteiger partial charge in [-0.3, -0.25) is 0 Å². The molecule has 0 aliphatic carbocycles. The fourth-order valence-electron chi connectivity index (χ4n) is 4.83. The van der Waals surface area contributed by atoms with Crippen LogP contribution in [0.25, 0.3) is 28.5 Å². The summed E-state index contributed by atoms with van der Waals surface area (Å²) in [4.78, 5) is 2.31. The SMILES string of the molecule is Cc1ccc(-c2ccc(N3CCC4(C=Cc5cc(-c6ccccc6)ccc5O4)CC3)nn2)cc1. The molecule has 0 unspecified atom stereocenters. The molecule has 4 aromatic rings. The zero-order chi connectivity index (χ0) is 23.0. The summed E-state index contributed by atoms with van der Waals surface area (Å²) in [6.45, 7) is 3.87. The number of hydrogen-bond acceptors (Lipinski definition) is 4. The summed E-state index contributed by atoms with van der Waals surface area (Å²) in [6, 6.07) is 29.5. The van der Waals surface area contributed by atoms with Crippen molar-refractivity contribution in [3.63, 3.8) is 0 Å². The quantitative estimate of drug-likeness (QED) is 0.358. The molecule has 1 aromatic heterocycles. The molecule has 3 heterocycles. The number of aromatic nitrogens is 2. The van der Waals surface area contributed by atoms with Crippen molar-refractivity contribution in [2.75, 3.05) is 18.0 Å². The second kappa shape index (κ2) is 8.45. The average molecular weight is 446 g/mol. The van der Waals surface area contributed by atoms with Crippen LogP contribution in [0.2, 0.25) is 0 Å². The molecule has 34 heavy (non-hydrogen) atoms. The molecule has 4 nitrogen and oxygen atoms in total. The Bertz CT molecular complexity index is 1320. The lowest BCUT2D eigenvalue weighted by atomic mass is 9.87. The van der Waals surface area contributed by atoms with E-state index < -0.39 is 0 Å². The molecule has 6 rings (SSSR count). The highest BCUT2D eigenvalue weighted by Crippen LogP contribution is 2.39. The summed E-state index contributed by atoms with van der Waals surface area (Å²) >= 11 is 0. The molecule has 0 atom stereocenters. The molecule has 4 heteroatoms. The Morgan fingerprint density at radius 3 is 2.26 bits per heavy atom. The van der Waals surface area contributed by atoms with Gasteiger partial charge in [0.05, 0.1) is 5.69 Å². The van der Waals surface area contributed by atoms with Crippen LogP contribution >= 0.6 is 0 Å². The van der Waals surface area contributed by atoms with Gasteiger partial charge in [-0.2, -0.15) is 0 Å². The average Bonchev–Trinajstić information content (AvgIpc) is 2.90. The summed E-state index contributed by atoms with van der Waals surface area (Å²) in [7, 11) is 0. The molecule has 168 valence electrons. The van der Waals surface area contributed by atoms with Crippen LogP contribution in [0.15, 0.2) is 91.0 Å². The van der Waals surface area contributed by atoms with Crippen molar-refractivity contribution in [1.29, 1.82) is 0 Å². The number of rotatable bonds is 3. The molecule has 0 bridgehead atoms. The lowest BCUT2D eigenvalue weighted by Crippen LogP contribution is -2.48. The summed E-state index contributed by atoms with van der Waals surface area (Å²) in [6.07, 6.45) is 6.33. The Morgan fingerprint density at radius 1 is 0.765 bits per heavy atom. The van der Waals surface area contributed by atoms with Gasteiger partial charge in [-0.1, -0.05) is 72.3 Å². The van der Waals surface area contributed by atoms with Crippen molar-refractivity contribution in [2.24, 2.45) is 0 Å². The first-order valence-corrected chi connectivity index (χ1v) is 11.9. The molecule has 1 fully saturated rings. The second-order valence-corrected chi connectivity index (χ2v) is 9.25. The molecule has 2 aliphatic heterocycles. The van der Waals surface area contributed by atoms with Gasteiger partial charge in [-0.05, 0) is 48.4 Å². The standard InChI is InChI=1S/C30H27N3O/c1-22-7-9-24(10-8-22)27-12-14-29(32-31-27)33-19-17-30(18-20-33)16-15-26-21-25(11-13-28(26)34-30)23-5-3-2-4-6-23/h2-16,21H,17-20H2,1H3. The van der Waals surface area contributed by atoms with Crippen molar-refractivity contribution in [2.45, 2.75) is 25.4 Å². The lowest BCUT2D eigenvalue weighted by Gasteiger charge is -2.42. The third kappa shape index (κ3) is 3.96. The van der Waals surface area contributed by atoms with Gasteiger partial charge in [0, 0.05) is 37.1 Å². The Labute approximate surface area is 200 Å². The van der Waals surface area contributed by atoms with Crippen molar-refractivity contribution in [3.05, 3.63) is 102 Å². The minimum absolute atomic E-state index is 0.243. The summed E-state index contributed by atoms with van der Waals surface area (Å²) in [5.74, 6) is 1.90. The van der Waals surface area contributed by atoms with E-state index >= 15 is 0 Å². The highest BCUT2D eigenvalue weighted by molar-refractivity contribution is 5.72. The molecule has 0 radical (unpaired) electrons. The van der Waals surface area contributed by atoms with Gasteiger partial charge in [-0.15, -0.1) is 10.2 Å². The van der Waals surface area contributed by atoms with Crippen LogP contribution in [0.3, 0.4) is 0 Å². The molecule has 0 saturated carbocycles. The van der Waals surface area contributed by atoms with E-state index in [2.05, 4.69) is 113 Å². The van der Waals surface area contributed by atoms with Crippen LogP contribution < -0.4 is 9.64 Å². The Morgan fingerprint density at radius 2 is 1.53 bits per heavy atom. The van der Waals surface area contributed by atoms with Crippen molar-refractivity contribution in [1.82, 2.24) is 10.2 Å². The topological polar surface area (TPSA) is 38.2 Å². The largest absolute Gasteiger partial charge is 0.482 e. The predicted octanol–water partition coefficient (Wildman–Crippen LogP) is 6.56. The van der Waals surface area contributed by atoms with E-state index in [9.17, 15) is 0 Å². The molecular formula is C30H27N3O. The second-order valence-electron chi connectivity index (χ2n) is 9.25. The van der Waals surface area contributed by atoms with E-state index in [1.165, 1.54) is 16.7 Å². The number of aryl methyl sites for hydroxylation is 1. The molecule has 0 amide bonds. The molecule has 1 spiro atoms. The number of piperidine rings is 1. The van der Waals surface area contributed by atoms with Gasteiger partial charge in [0.1, 0.15) is 11.4 Å². The van der Waals surface area contributed by atoms with E-state index in [4.69, 9.17) is 4.74 Å². The van der Waals surface area contributed by atoms with E-state index in [1.54, 1.807) is 0 Å². The number of nitrogens with zero attached hydrogens (tertiary/aromatic N) is 3. The maximum atomic E-state index is 6.57.